The molecule has 1 unspecified atom stereocenters. The van der Waals surface area contributed by atoms with E-state index in [-0.39, 0.29) is 0 Å². The van der Waals surface area contributed by atoms with Gasteiger partial charge in [-0.15, -0.1) is 0 Å². The van der Waals surface area contributed by atoms with Crippen LogP contribution in [-0.2, 0) is 4.79 Å². The first-order chi connectivity index (χ1) is 8.51. The van der Waals surface area contributed by atoms with Crippen LogP contribution in [0.2, 0.25) is 5.02 Å². The summed E-state index contributed by atoms with van der Waals surface area (Å²) in [5.41, 5.74) is 0.710. The predicted octanol–water partition coefficient (Wildman–Crippen LogP) is 3.04. The van der Waals surface area contributed by atoms with Gasteiger partial charge in [0.15, 0.2) is 0 Å². The lowest BCUT2D eigenvalue weighted by Gasteiger charge is -2.29. The summed E-state index contributed by atoms with van der Waals surface area (Å²) in [4.78, 5) is 12.9. The molecule has 0 aliphatic carbocycles. The van der Waals surface area contributed by atoms with E-state index in [2.05, 4.69) is 0 Å². The van der Waals surface area contributed by atoms with Crippen molar-refractivity contribution >= 4 is 23.3 Å². The van der Waals surface area contributed by atoms with Crippen LogP contribution in [-0.4, -0.2) is 30.8 Å². The van der Waals surface area contributed by atoms with E-state index in [0.717, 1.165) is 6.42 Å². The Morgan fingerprint density at radius 3 is 2.72 bits per heavy atom. The fourth-order valence-corrected chi connectivity index (χ4v) is 1.95. The van der Waals surface area contributed by atoms with E-state index in [0.29, 0.717) is 23.0 Å². The second-order valence-corrected chi connectivity index (χ2v) is 4.46. The number of carbonyl (C=O) groups is 1. The minimum absolute atomic E-state index is 0.560. The number of carboxylic acids is 1. The average Bonchev–Trinajstić information content (AvgIpc) is 2.35. The Balaban J connectivity index is 3.19. The molecule has 0 spiro atoms. The molecule has 4 nitrogen and oxygen atoms in total. The average molecular weight is 272 g/mol. The Hall–Kier alpha value is -1.42. The van der Waals surface area contributed by atoms with Crippen molar-refractivity contribution in [3.05, 3.63) is 23.2 Å². The van der Waals surface area contributed by atoms with Gasteiger partial charge in [-0.3, -0.25) is 0 Å². The van der Waals surface area contributed by atoms with Crippen molar-refractivity contribution < 1.29 is 14.6 Å². The molecule has 0 fully saturated rings. The summed E-state index contributed by atoms with van der Waals surface area (Å²) >= 11 is 5.97. The molecule has 0 amide bonds. The monoisotopic (exact) mass is 271 g/mol. The van der Waals surface area contributed by atoms with Crippen molar-refractivity contribution in [2.75, 3.05) is 18.6 Å². The molecule has 100 valence electrons. The SMILES string of the molecule is CCCN(c1cc(Cl)ccc1OC)C(C)C(=O)O. The van der Waals surface area contributed by atoms with Gasteiger partial charge in [0.2, 0.25) is 0 Å². The maximum atomic E-state index is 11.2. The first-order valence-corrected chi connectivity index (χ1v) is 6.22. The number of rotatable bonds is 6. The quantitative estimate of drug-likeness (QED) is 0.864. The molecule has 0 bridgehead atoms. The molecule has 0 saturated heterocycles. The normalized spacial score (nSPS) is 12.0. The van der Waals surface area contributed by atoms with Crippen LogP contribution in [0.3, 0.4) is 0 Å². The lowest BCUT2D eigenvalue weighted by atomic mass is 10.2. The molecule has 1 aromatic rings. The van der Waals surface area contributed by atoms with Crippen LogP contribution in [0.4, 0.5) is 5.69 Å². The molecule has 0 aliphatic heterocycles. The van der Waals surface area contributed by atoms with Crippen LogP contribution < -0.4 is 9.64 Å². The first-order valence-electron chi connectivity index (χ1n) is 5.84. The van der Waals surface area contributed by atoms with Crippen LogP contribution in [0.15, 0.2) is 18.2 Å². The van der Waals surface area contributed by atoms with E-state index in [9.17, 15) is 4.79 Å². The summed E-state index contributed by atoms with van der Waals surface area (Å²) in [6, 6.07) is 4.57. The van der Waals surface area contributed by atoms with E-state index < -0.39 is 12.0 Å². The Labute approximate surface area is 112 Å². The van der Waals surface area contributed by atoms with Crippen LogP contribution in [0, 0.1) is 0 Å². The summed E-state index contributed by atoms with van der Waals surface area (Å²) in [5, 5.41) is 9.72. The van der Waals surface area contributed by atoms with Crippen molar-refractivity contribution in [2.24, 2.45) is 0 Å². The molecule has 0 heterocycles. The van der Waals surface area contributed by atoms with Gasteiger partial charge in [0.25, 0.3) is 0 Å². The van der Waals surface area contributed by atoms with Gasteiger partial charge in [-0.1, -0.05) is 18.5 Å². The van der Waals surface area contributed by atoms with Crippen molar-refractivity contribution in [1.82, 2.24) is 0 Å². The molecular weight excluding hydrogens is 254 g/mol. The molecule has 1 aromatic carbocycles. The Bertz CT molecular complexity index is 423. The molecule has 0 radical (unpaired) electrons. The zero-order chi connectivity index (χ0) is 13.7. The molecule has 0 aliphatic rings. The van der Waals surface area contributed by atoms with Crippen molar-refractivity contribution in [3.63, 3.8) is 0 Å². The minimum Gasteiger partial charge on any atom is -0.495 e. The summed E-state index contributed by atoms with van der Waals surface area (Å²) < 4.78 is 5.26. The number of carboxylic acid groups (broad SMARTS) is 1. The summed E-state index contributed by atoms with van der Waals surface area (Å²) in [5.74, 6) is -0.244. The van der Waals surface area contributed by atoms with Gasteiger partial charge in [0, 0.05) is 11.6 Å². The Morgan fingerprint density at radius 1 is 1.56 bits per heavy atom. The van der Waals surface area contributed by atoms with Gasteiger partial charge in [-0.25, -0.2) is 4.79 Å². The van der Waals surface area contributed by atoms with Crippen LogP contribution in [0.25, 0.3) is 0 Å². The predicted molar refractivity (Wildman–Crippen MR) is 72.7 cm³/mol. The van der Waals surface area contributed by atoms with E-state index in [1.807, 2.05) is 6.92 Å². The smallest absolute Gasteiger partial charge is 0.326 e. The number of anilines is 1. The highest BCUT2D eigenvalue weighted by molar-refractivity contribution is 6.31. The molecule has 1 N–H and O–H groups in total. The fraction of sp³-hybridized carbons (Fsp3) is 0.462. The summed E-state index contributed by atoms with van der Waals surface area (Å²) in [6.07, 6.45) is 0.841. The van der Waals surface area contributed by atoms with E-state index in [1.165, 1.54) is 0 Å². The Morgan fingerprint density at radius 2 is 2.22 bits per heavy atom. The number of hydrogen-bond acceptors (Lipinski definition) is 3. The molecule has 0 saturated carbocycles. The van der Waals surface area contributed by atoms with Gasteiger partial charge >= 0.3 is 5.97 Å². The van der Waals surface area contributed by atoms with Crippen molar-refractivity contribution in [2.45, 2.75) is 26.3 Å². The largest absolute Gasteiger partial charge is 0.495 e. The second-order valence-electron chi connectivity index (χ2n) is 4.02. The third kappa shape index (κ3) is 3.29. The van der Waals surface area contributed by atoms with Crippen molar-refractivity contribution in [3.8, 4) is 5.75 Å². The first kappa shape index (κ1) is 14.6. The van der Waals surface area contributed by atoms with Crippen LogP contribution >= 0.6 is 11.6 Å². The van der Waals surface area contributed by atoms with Gasteiger partial charge in [0.1, 0.15) is 11.8 Å². The number of methoxy groups -OCH3 is 1. The zero-order valence-corrected chi connectivity index (χ0v) is 11.6. The highest BCUT2D eigenvalue weighted by atomic mass is 35.5. The molecular formula is C13H18ClNO3. The lowest BCUT2D eigenvalue weighted by molar-refractivity contribution is -0.138. The highest BCUT2D eigenvalue weighted by Crippen LogP contribution is 2.32. The zero-order valence-electron chi connectivity index (χ0n) is 10.8. The number of ether oxygens (including phenoxy) is 1. The standard InChI is InChI=1S/C13H18ClNO3/c1-4-7-15(9(2)13(16)17)11-8-10(14)5-6-12(11)18-3/h5-6,8-9H,4,7H2,1-3H3,(H,16,17). The van der Waals surface area contributed by atoms with Gasteiger partial charge < -0.3 is 14.7 Å². The maximum absolute atomic E-state index is 11.2. The van der Waals surface area contributed by atoms with Gasteiger partial charge in [-0.2, -0.15) is 0 Å². The lowest BCUT2D eigenvalue weighted by Crippen LogP contribution is -2.39. The fourth-order valence-electron chi connectivity index (χ4n) is 1.78. The molecule has 1 atom stereocenters. The van der Waals surface area contributed by atoms with E-state index in [4.69, 9.17) is 21.4 Å². The summed E-state index contributed by atoms with van der Waals surface area (Å²) in [6.45, 7) is 4.28. The molecule has 0 aromatic heterocycles. The number of nitrogens with zero attached hydrogens (tertiary/aromatic N) is 1. The number of hydrogen-bond donors (Lipinski definition) is 1. The van der Waals surface area contributed by atoms with Crippen LogP contribution in [0.5, 0.6) is 5.75 Å². The minimum atomic E-state index is -0.870. The number of benzene rings is 1. The number of aliphatic carboxylic acids is 1. The van der Waals surface area contributed by atoms with Crippen LogP contribution in [0.1, 0.15) is 20.3 Å². The van der Waals surface area contributed by atoms with Crippen molar-refractivity contribution in [1.29, 1.82) is 0 Å². The molecule has 1 rings (SSSR count). The van der Waals surface area contributed by atoms with Gasteiger partial charge in [-0.05, 0) is 31.5 Å². The third-order valence-electron chi connectivity index (χ3n) is 2.74. The van der Waals surface area contributed by atoms with E-state index >= 15 is 0 Å². The van der Waals surface area contributed by atoms with Gasteiger partial charge in [0.05, 0.1) is 12.8 Å². The summed E-state index contributed by atoms with van der Waals surface area (Å²) in [7, 11) is 1.56. The molecule has 5 heteroatoms. The van der Waals surface area contributed by atoms with E-state index in [1.54, 1.807) is 37.1 Å². The highest BCUT2D eigenvalue weighted by Gasteiger charge is 2.23. The third-order valence-corrected chi connectivity index (χ3v) is 2.97. The second kappa shape index (κ2) is 6.50. The maximum Gasteiger partial charge on any atom is 0.326 e. The number of halogens is 1. The Kier molecular flexibility index (Phi) is 5.28. The topological polar surface area (TPSA) is 49.8 Å². The molecule has 18 heavy (non-hydrogen) atoms.